The van der Waals surface area contributed by atoms with Gasteiger partial charge in [-0.3, -0.25) is 4.79 Å². The summed E-state index contributed by atoms with van der Waals surface area (Å²) >= 11 is 0. The highest BCUT2D eigenvalue weighted by atomic mass is 16.3. The van der Waals surface area contributed by atoms with Crippen LogP contribution in [-0.2, 0) is 0 Å². The number of carbonyl (C=O) groups excluding carboxylic acids is 1. The Morgan fingerprint density at radius 2 is 1.88 bits per heavy atom. The second-order valence-electron chi connectivity index (χ2n) is 4.63. The van der Waals surface area contributed by atoms with E-state index < -0.39 is 0 Å². The van der Waals surface area contributed by atoms with Gasteiger partial charge in [0.25, 0.3) is 5.91 Å². The summed E-state index contributed by atoms with van der Waals surface area (Å²) in [6, 6.07) is 0. The predicted molar refractivity (Wildman–Crippen MR) is 68.4 cm³/mol. The van der Waals surface area contributed by atoms with Gasteiger partial charge < -0.3 is 14.6 Å². The third-order valence-corrected chi connectivity index (χ3v) is 2.86. The van der Waals surface area contributed by atoms with E-state index in [0.717, 1.165) is 24.3 Å². The molecule has 1 rings (SSSR count). The van der Waals surface area contributed by atoms with Gasteiger partial charge in [0.05, 0.1) is 5.56 Å². The van der Waals surface area contributed by atoms with Gasteiger partial charge in [-0.1, -0.05) is 0 Å². The van der Waals surface area contributed by atoms with Crippen molar-refractivity contribution in [3.63, 3.8) is 0 Å². The van der Waals surface area contributed by atoms with Crippen LogP contribution in [0.4, 0.5) is 0 Å². The van der Waals surface area contributed by atoms with E-state index in [1.165, 1.54) is 0 Å². The molecule has 17 heavy (non-hydrogen) atoms. The molecule has 0 aliphatic heterocycles. The molecule has 0 radical (unpaired) electrons. The normalized spacial score (nSPS) is 10.9. The number of nitrogens with one attached hydrogen (secondary N) is 1. The Bertz CT molecular complexity index is 394. The fraction of sp³-hybridized carbons (Fsp3) is 0.615. The smallest absolute Gasteiger partial charge is 0.255 e. The monoisotopic (exact) mass is 238 g/mol. The zero-order valence-corrected chi connectivity index (χ0v) is 11.4. The molecular weight excluding hydrogens is 216 g/mol. The van der Waals surface area contributed by atoms with Crippen LogP contribution in [0, 0.1) is 20.8 Å². The molecule has 1 heterocycles. The Hall–Kier alpha value is -1.29. The first-order valence-electron chi connectivity index (χ1n) is 5.93. The minimum atomic E-state index is -0.0318. The maximum Gasteiger partial charge on any atom is 0.255 e. The van der Waals surface area contributed by atoms with Gasteiger partial charge in [-0.25, -0.2) is 0 Å². The summed E-state index contributed by atoms with van der Waals surface area (Å²) in [6.07, 6.45) is 0.952. The number of furan rings is 1. The molecule has 1 N–H and O–H groups in total. The predicted octanol–water partition coefficient (Wildman–Crippen LogP) is 1.89. The van der Waals surface area contributed by atoms with Gasteiger partial charge in [-0.15, -0.1) is 0 Å². The van der Waals surface area contributed by atoms with Crippen molar-refractivity contribution in [3.8, 4) is 0 Å². The second-order valence-corrected chi connectivity index (χ2v) is 4.63. The lowest BCUT2D eigenvalue weighted by atomic mass is 10.1. The number of aryl methyl sites for hydroxylation is 2. The molecule has 0 aromatic carbocycles. The van der Waals surface area contributed by atoms with Gasteiger partial charge in [0.15, 0.2) is 0 Å². The molecule has 1 aromatic rings. The largest absolute Gasteiger partial charge is 0.466 e. The molecule has 4 nitrogen and oxygen atoms in total. The van der Waals surface area contributed by atoms with Crippen LogP contribution in [0.2, 0.25) is 0 Å². The van der Waals surface area contributed by atoms with Crippen LogP contribution < -0.4 is 5.32 Å². The molecule has 0 aliphatic rings. The average Bonchev–Trinajstić information content (AvgIpc) is 2.48. The summed E-state index contributed by atoms with van der Waals surface area (Å²) in [7, 11) is 4.05. The Kier molecular flexibility index (Phi) is 4.75. The summed E-state index contributed by atoms with van der Waals surface area (Å²) in [4.78, 5) is 14.1. The maximum atomic E-state index is 12.0. The molecule has 0 saturated carbocycles. The number of hydrogen-bond acceptors (Lipinski definition) is 3. The fourth-order valence-corrected chi connectivity index (χ4v) is 1.81. The zero-order valence-electron chi connectivity index (χ0n) is 11.4. The summed E-state index contributed by atoms with van der Waals surface area (Å²) in [6.45, 7) is 7.29. The Balaban J connectivity index is 2.53. The standard InChI is InChI=1S/C13H22N2O2/c1-9-10(2)17-11(3)12(9)13(16)14-7-6-8-15(4)5/h6-8H2,1-5H3,(H,14,16). The topological polar surface area (TPSA) is 45.5 Å². The van der Waals surface area contributed by atoms with Crippen LogP contribution in [-0.4, -0.2) is 38.0 Å². The molecule has 0 aliphatic carbocycles. The summed E-state index contributed by atoms with van der Waals surface area (Å²) < 4.78 is 5.44. The number of rotatable bonds is 5. The van der Waals surface area contributed by atoms with Crippen molar-refractivity contribution < 1.29 is 9.21 Å². The van der Waals surface area contributed by atoms with E-state index in [1.807, 2.05) is 34.9 Å². The summed E-state index contributed by atoms with van der Waals surface area (Å²) in [5.74, 6) is 1.49. The van der Waals surface area contributed by atoms with Crippen molar-refractivity contribution in [2.75, 3.05) is 27.2 Å². The van der Waals surface area contributed by atoms with Gasteiger partial charge in [0.1, 0.15) is 11.5 Å². The highest BCUT2D eigenvalue weighted by Gasteiger charge is 2.17. The van der Waals surface area contributed by atoms with Crippen molar-refractivity contribution in [1.82, 2.24) is 10.2 Å². The van der Waals surface area contributed by atoms with E-state index in [1.54, 1.807) is 0 Å². The van der Waals surface area contributed by atoms with E-state index in [2.05, 4.69) is 10.2 Å². The maximum absolute atomic E-state index is 12.0. The fourth-order valence-electron chi connectivity index (χ4n) is 1.81. The van der Waals surface area contributed by atoms with Gasteiger partial charge >= 0.3 is 0 Å². The minimum absolute atomic E-state index is 0.0318. The molecule has 1 aromatic heterocycles. The van der Waals surface area contributed by atoms with Gasteiger partial charge in [-0.05, 0) is 47.8 Å². The molecular formula is C13H22N2O2. The lowest BCUT2D eigenvalue weighted by Crippen LogP contribution is -2.27. The second kappa shape index (κ2) is 5.87. The molecule has 0 atom stereocenters. The third kappa shape index (κ3) is 3.60. The van der Waals surface area contributed by atoms with E-state index in [9.17, 15) is 4.79 Å². The lowest BCUT2D eigenvalue weighted by molar-refractivity contribution is 0.0950. The molecule has 4 heteroatoms. The quantitative estimate of drug-likeness (QED) is 0.797. The molecule has 0 unspecified atom stereocenters. The van der Waals surface area contributed by atoms with Crippen LogP contribution in [0.5, 0.6) is 0 Å². The highest BCUT2D eigenvalue weighted by Crippen LogP contribution is 2.20. The first-order valence-corrected chi connectivity index (χ1v) is 5.93. The first kappa shape index (κ1) is 13.8. The highest BCUT2D eigenvalue weighted by molar-refractivity contribution is 5.96. The third-order valence-electron chi connectivity index (χ3n) is 2.86. The van der Waals surface area contributed by atoms with E-state index in [-0.39, 0.29) is 5.91 Å². The van der Waals surface area contributed by atoms with E-state index in [4.69, 9.17) is 4.42 Å². The van der Waals surface area contributed by atoms with E-state index in [0.29, 0.717) is 17.9 Å². The minimum Gasteiger partial charge on any atom is -0.466 e. The zero-order chi connectivity index (χ0) is 13.0. The van der Waals surface area contributed by atoms with Crippen LogP contribution in [0.25, 0.3) is 0 Å². The average molecular weight is 238 g/mol. The van der Waals surface area contributed by atoms with Crippen molar-refractivity contribution in [1.29, 1.82) is 0 Å². The lowest BCUT2D eigenvalue weighted by Gasteiger charge is -2.09. The van der Waals surface area contributed by atoms with Crippen LogP contribution in [0.15, 0.2) is 4.42 Å². The number of carbonyl (C=O) groups is 1. The summed E-state index contributed by atoms with van der Waals surface area (Å²) in [5.41, 5.74) is 1.62. The van der Waals surface area contributed by atoms with Crippen molar-refractivity contribution in [2.24, 2.45) is 0 Å². The van der Waals surface area contributed by atoms with Crippen molar-refractivity contribution >= 4 is 5.91 Å². The molecule has 1 amide bonds. The molecule has 0 fully saturated rings. The Labute approximate surface area is 103 Å². The number of hydrogen-bond donors (Lipinski definition) is 1. The number of nitrogens with zero attached hydrogens (tertiary/aromatic N) is 1. The van der Waals surface area contributed by atoms with E-state index >= 15 is 0 Å². The number of amides is 1. The molecule has 0 spiro atoms. The van der Waals surface area contributed by atoms with Gasteiger partial charge in [0, 0.05) is 12.1 Å². The van der Waals surface area contributed by atoms with Crippen LogP contribution in [0.1, 0.15) is 33.9 Å². The Morgan fingerprint density at radius 1 is 1.24 bits per heavy atom. The van der Waals surface area contributed by atoms with Crippen LogP contribution >= 0.6 is 0 Å². The van der Waals surface area contributed by atoms with Gasteiger partial charge in [-0.2, -0.15) is 0 Å². The molecule has 96 valence electrons. The van der Waals surface area contributed by atoms with Gasteiger partial charge in [0.2, 0.25) is 0 Å². The summed E-state index contributed by atoms with van der Waals surface area (Å²) in [5, 5.41) is 2.92. The molecule has 0 saturated heterocycles. The Morgan fingerprint density at radius 3 is 2.35 bits per heavy atom. The van der Waals surface area contributed by atoms with Crippen molar-refractivity contribution in [3.05, 3.63) is 22.6 Å². The molecule has 0 bridgehead atoms. The first-order chi connectivity index (χ1) is 7.93. The van der Waals surface area contributed by atoms with Crippen molar-refractivity contribution in [2.45, 2.75) is 27.2 Å². The SMILES string of the molecule is Cc1oc(C)c(C(=O)NCCCN(C)C)c1C. The van der Waals surface area contributed by atoms with Crippen LogP contribution in [0.3, 0.4) is 0 Å².